The van der Waals surface area contributed by atoms with Crippen LogP contribution >= 0.6 is 0 Å². The molecule has 9 nitrogen and oxygen atoms in total. The van der Waals surface area contributed by atoms with Gasteiger partial charge in [0.1, 0.15) is 17.1 Å². The monoisotopic (exact) mass is 480 g/mol. The van der Waals surface area contributed by atoms with Gasteiger partial charge in [-0.05, 0) is 43.3 Å². The van der Waals surface area contributed by atoms with Crippen molar-refractivity contribution in [2.24, 2.45) is 0 Å². The summed E-state index contributed by atoms with van der Waals surface area (Å²) in [5, 5.41) is 16.2. The first kappa shape index (κ1) is 23.0. The van der Waals surface area contributed by atoms with Crippen LogP contribution in [0, 0.1) is 6.92 Å². The highest BCUT2D eigenvalue weighted by molar-refractivity contribution is 5.91. The topological polar surface area (TPSA) is 104 Å². The van der Waals surface area contributed by atoms with Crippen molar-refractivity contribution in [3.63, 3.8) is 0 Å². The van der Waals surface area contributed by atoms with Gasteiger partial charge < -0.3 is 10.1 Å². The SMILES string of the molecule is COc1ccccc1-c1cc(NC(=O)CCn2nnc3ccccc3c2=O)n(-c2ccc(C)cc2)n1. The summed E-state index contributed by atoms with van der Waals surface area (Å²) < 4.78 is 8.39. The second kappa shape index (κ2) is 9.83. The normalized spacial score (nSPS) is 10.9. The molecule has 36 heavy (non-hydrogen) atoms. The van der Waals surface area contributed by atoms with E-state index in [9.17, 15) is 9.59 Å². The van der Waals surface area contributed by atoms with Crippen LogP contribution in [0.4, 0.5) is 5.82 Å². The molecule has 5 rings (SSSR count). The summed E-state index contributed by atoms with van der Waals surface area (Å²) in [6.45, 7) is 2.11. The number of aromatic nitrogens is 5. The van der Waals surface area contributed by atoms with Gasteiger partial charge in [-0.25, -0.2) is 9.36 Å². The van der Waals surface area contributed by atoms with Crippen LogP contribution in [0.3, 0.4) is 0 Å². The van der Waals surface area contributed by atoms with Gasteiger partial charge in [0.2, 0.25) is 5.91 Å². The lowest BCUT2D eigenvalue weighted by molar-refractivity contribution is -0.116. The number of benzene rings is 3. The van der Waals surface area contributed by atoms with Crippen molar-refractivity contribution >= 4 is 22.6 Å². The summed E-state index contributed by atoms with van der Waals surface area (Å²) in [6.07, 6.45) is 0.0377. The summed E-state index contributed by atoms with van der Waals surface area (Å²) in [7, 11) is 1.61. The Bertz CT molecular complexity index is 1600. The molecule has 0 unspecified atom stereocenters. The summed E-state index contributed by atoms with van der Waals surface area (Å²) in [4.78, 5) is 25.6. The molecule has 2 aromatic heterocycles. The van der Waals surface area contributed by atoms with Gasteiger partial charge in [-0.3, -0.25) is 9.59 Å². The molecule has 0 aliphatic carbocycles. The number of hydrogen-bond donors (Lipinski definition) is 1. The first-order valence-corrected chi connectivity index (χ1v) is 11.5. The number of carbonyl (C=O) groups excluding carboxylic acids is 1. The lowest BCUT2D eigenvalue weighted by Crippen LogP contribution is -2.26. The number of hydrogen-bond acceptors (Lipinski definition) is 6. The Balaban J connectivity index is 1.42. The Hall–Kier alpha value is -4.79. The maximum absolute atomic E-state index is 12.9. The van der Waals surface area contributed by atoms with E-state index in [1.807, 2.05) is 55.5 Å². The average Bonchev–Trinajstić information content (AvgIpc) is 3.32. The van der Waals surface area contributed by atoms with Gasteiger partial charge in [-0.15, -0.1) is 5.10 Å². The molecule has 2 heterocycles. The zero-order chi connectivity index (χ0) is 25.1. The highest BCUT2D eigenvalue weighted by Crippen LogP contribution is 2.31. The summed E-state index contributed by atoms with van der Waals surface area (Å²) in [6, 6.07) is 24.2. The molecule has 1 N–H and O–H groups in total. The molecule has 0 saturated heterocycles. The molecule has 1 amide bonds. The number of ether oxygens (including phenoxy) is 1. The molecule has 0 radical (unpaired) electrons. The third-order valence-corrected chi connectivity index (χ3v) is 5.82. The summed E-state index contributed by atoms with van der Waals surface area (Å²) in [5.74, 6) is 0.900. The van der Waals surface area contributed by atoms with Crippen molar-refractivity contribution < 1.29 is 9.53 Å². The highest BCUT2D eigenvalue weighted by atomic mass is 16.5. The first-order chi connectivity index (χ1) is 17.5. The van der Waals surface area contributed by atoms with Crippen LogP contribution in [0.5, 0.6) is 5.75 Å². The molecule has 9 heteroatoms. The second-order valence-corrected chi connectivity index (χ2v) is 8.30. The zero-order valence-corrected chi connectivity index (χ0v) is 19.9. The number of carbonyl (C=O) groups is 1. The molecule has 0 aliphatic heterocycles. The van der Waals surface area contributed by atoms with E-state index in [0.717, 1.165) is 16.8 Å². The predicted octanol–water partition coefficient (Wildman–Crippen LogP) is 3.99. The molecule has 0 bridgehead atoms. The Morgan fingerprint density at radius 1 is 1.00 bits per heavy atom. The number of nitrogens with zero attached hydrogens (tertiary/aromatic N) is 5. The van der Waals surface area contributed by atoms with Gasteiger partial charge in [0.25, 0.3) is 5.56 Å². The van der Waals surface area contributed by atoms with E-state index >= 15 is 0 Å². The van der Waals surface area contributed by atoms with Gasteiger partial charge in [0.05, 0.1) is 30.4 Å². The van der Waals surface area contributed by atoms with E-state index < -0.39 is 0 Å². The predicted molar refractivity (Wildman–Crippen MR) is 137 cm³/mol. The fraction of sp³-hybridized carbons (Fsp3) is 0.148. The highest BCUT2D eigenvalue weighted by Gasteiger charge is 2.17. The minimum atomic E-state index is -0.281. The molecule has 0 aliphatic rings. The summed E-state index contributed by atoms with van der Waals surface area (Å²) in [5.41, 5.74) is 3.61. The van der Waals surface area contributed by atoms with E-state index in [2.05, 4.69) is 15.6 Å². The number of para-hydroxylation sites is 1. The van der Waals surface area contributed by atoms with E-state index in [0.29, 0.717) is 28.2 Å². The van der Waals surface area contributed by atoms with Crippen LogP contribution in [-0.4, -0.2) is 37.8 Å². The Morgan fingerprint density at radius 3 is 2.56 bits per heavy atom. The van der Waals surface area contributed by atoms with Crippen LogP contribution in [0.15, 0.2) is 83.7 Å². The molecule has 180 valence electrons. The number of anilines is 1. The maximum Gasteiger partial charge on any atom is 0.277 e. The largest absolute Gasteiger partial charge is 0.496 e. The van der Waals surface area contributed by atoms with Crippen molar-refractivity contribution in [1.29, 1.82) is 0 Å². The van der Waals surface area contributed by atoms with Crippen molar-refractivity contribution in [3.8, 4) is 22.7 Å². The van der Waals surface area contributed by atoms with Crippen molar-refractivity contribution in [2.75, 3.05) is 12.4 Å². The standard InChI is InChI=1S/C27H24N6O3/c1-18-11-13-19(14-12-18)33-25(17-23(30-33)20-7-4-6-10-24(20)36-2)28-26(34)15-16-32-27(35)21-8-3-5-9-22(21)29-31-32/h3-14,17H,15-16H2,1-2H3,(H,28,34). The van der Waals surface area contributed by atoms with Gasteiger partial charge in [0.15, 0.2) is 0 Å². The lowest BCUT2D eigenvalue weighted by Gasteiger charge is -2.10. The Kier molecular flexibility index (Phi) is 6.27. The fourth-order valence-electron chi connectivity index (χ4n) is 3.92. The third kappa shape index (κ3) is 4.58. The minimum Gasteiger partial charge on any atom is -0.496 e. The van der Waals surface area contributed by atoms with E-state index in [1.54, 1.807) is 42.1 Å². The Morgan fingerprint density at radius 2 is 1.75 bits per heavy atom. The Labute approximate surface area is 207 Å². The maximum atomic E-state index is 12.9. The number of amides is 1. The van der Waals surface area contributed by atoms with Gasteiger partial charge >= 0.3 is 0 Å². The first-order valence-electron chi connectivity index (χ1n) is 11.5. The van der Waals surface area contributed by atoms with Crippen LogP contribution < -0.4 is 15.6 Å². The number of nitrogens with one attached hydrogen (secondary N) is 1. The molecule has 0 fully saturated rings. The van der Waals surface area contributed by atoms with Gasteiger partial charge in [-0.2, -0.15) is 5.10 Å². The number of rotatable bonds is 7. The van der Waals surface area contributed by atoms with E-state index in [1.165, 1.54) is 4.68 Å². The van der Waals surface area contributed by atoms with Crippen molar-refractivity contribution in [1.82, 2.24) is 24.8 Å². The smallest absolute Gasteiger partial charge is 0.277 e. The minimum absolute atomic E-state index is 0.0377. The molecule has 5 aromatic rings. The van der Waals surface area contributed by atoms with E-state index in [4.69, 9.17) is 9.84 Å². The summed E-state index contributed by atoms with van der Waals surface area (Å²) >= 11 is 0. The van der Waals surface area contributed by atoms with Crippen molar-refractivity contribution in [2.45, 2.75) is 19.9 Å². The molecule has 3 aromatic carbocycles. The molecular weight excluding hydrogens is 456 g/mol. The number of aryl methyl sites for hydroxylation is 2. The third-order valence-electron chi connectivity index (χ3n) is 5.82. The second-order valence-electron chi connectivity index (χ2n) is 8.30. The lowest BCUT2D eigenvalue weighted by atomic mass is 10.1. The quantitative estimate of drug-likeness (QED) is 0.378. The van der Waals surface area contributed by atoms with Crippen LogP contribution in [0.1, 0.15) is 12.0 Å². The van der Waals surface area contributed by atoms with Crippen LogP contribution in [0.2, 0.25) is 0 Å². The van der Waals surface area contributed by atoms with Crippen molar-refractivity contribution in [3.05, 3.63) is 94.8 Å². The number of methoxy groups -OCH3 is 1. The van der Waals surface area contributed by atoms with Crippen LogP contribution in [0.25, 0.3) is 27.8 Å². The molecular formula is C27H24N6O3. The van der Waals surface area contributed by atoms with E-state index in [-0.39, 0.29) is 24.4 Å². The average molecular weight is 481 g/mol. The molecule has 0 atom stereocenters. The molecule has 0 saturated carbocycles. The fourth-order valence-corrected chi connectivity index (χ4v) is 3.92. The van der Waals surface area contributed by atoms with Crippen LogP contribution in [-0.2, 0) is 11.3 Å². The van der Waals surface area contributed by atoms with Gasteiger partial charge in [0, 0.05) is 18.1 Å². The molecule has 0 spiro atoms. The number of fused-ring (bicyclic) bond motifs is 1. The zero-order valence-electron chi connectivity index (χ0n) is 19.9. The van der Waals surface area contributed by atoms with Gasteiger partial charge in [-0.1, -0.05) is 47.2 Å².